The van der Waals surface area contributed by atoms with Crippen LogP contribution in [0.1, 0.15) is 56.4 Å². The predicted molar refractivity (Wildman–Crippen MR) is 149 cm³/mol. The number of allylic oxidation sites excluding steroid dienone is 1. The van der Waals surface area contributed by atoms with Crippen molar-refractivity contribution in [2.45, 2.75) is 61.8 Å². The highest BCUT2D eigenvalue weighted by Gasteiger charge is 2.26. The second-order valence-electron chi connectivity index (χ2n) is 10.0. The summed E-state index contributed by atoms with van der Waals surface area (Å²) in [5, 5.41) is 7.43. The fraction of sp³-hybridized carbons (Fsp3) is 0.481. The van der Waals surface area contributed by atoms with Gasteiger partial charge in [-0.2, -0.15) is 0 Å². The molecule has 1 aromatic carbocycles. The van der Waals surface area contributed by atoms with Crippen LogP contribution in [0.3, 0.4) is 0 Å². The average Bonchev–Trinajstić information content (AvgIpc) is 3.56. The maximum atomic E-state index is 13.0. The lowest BCUT2D eigenvalue weighted by Gasteiger charge is -2.25. The Morgan fingerprint density at radius 2 is 1.92 bits per heavy atom. The van der Waals surface area contributed by atoms with E-state index in [1.165, 1.54) is 37.0 Å². The first-order valence-corrected chi connectivity index (χ1v) is 15.3. The number of aromatic nitrogens is 2. The van der Waals surface area contributed by atoms with Crippen LogP contribution in [0, 0.1) is 5.92 Å². The van der Waals surface area contributed by atoms with Crippen LogP contribution in [0.25, 0.3) is 10.3 Å². The van der Waals surface area contributed by atoms with E-state index >= 15 is 0 Å². The molecule has 3 aromatic rings. The molecule has 2 fully saturated rings. The van der Waals surface area contributed by atoms with Gasteiger partial charge in [0.2, 0.25) is 15.9 Å². The van der Waals surface area contributed by atoms with Crippen molar-refractivity contribution in [1.82, 2.24) is 20.0 Å². The Balaban J connectivity index is 1.34. The number of rotatable bonds is 10. The molecule has 3 N–H and O–H groups in total. The fourth-order valence-corrected chi connectivity index (χ4v) is 7.50. The Morgan fingerprint density at radius 1 is 1.14 bits per heavy atom. The van der Waals surface area contributed by atoms with E-state index in [2.05, 4.69) is 31.9 Å². The van der Waals surface area contributed by atoms with Crippen molar-refractivity contribution in [3.8, 4) is 5.88 Å². The summed E-state index contributed by atoms with van der Waals surface area (Å²) in [5.41, 5.74) is 2.73. The minimum Gasteiger partial charge on any atom is -0.481 e. The highest BCUT2D eigenvalue weighted by molar-refractivity contribution is 7.89. The van der Waals surface area contributed by atoms with E-state index in [4.69, 9.17) is 4.74 Å². The Kier molecular flexibility index (Phi) is 8.09. The number of ether oxygens (including phenoxy) is 1. The highest BCUT2D eigenvalue weighted by atomic mass is 32.2. The van der Waals surface area contributed by atoms with Gasteiger partial charge in [-0.15, -0.1) is 0 Å². The quantitative estimate of drug-likeness (QED) is 0.331. The van der Waals surface area contributed by atoms with Gasteiger partial charge < -0.3 is 15.4 Å². The molecule has 1 unspecified atom stereocenters. The number of benzene rings is 1. The van der Waals surface area contributed by atoms with Crippen LogP contribution in [0.4, 0.5) is 5.13 Å². The molecule has 2 atom stereocenters. The van der Waals surface area contributed by atoms with Gasteiger partial charge in [0.15, 0.2) is 5.13 Å². The monoisotopic (exact) mass is 541 g/mol. The second-order valence-corrected chi connectivity index (χ2v) is 12.7. The van der Waals surface area contributed by atoms with Crippen LogP contribution in [-0.4, -0.2) is 44.6 Å². The molecule has 2 aliphatic rings. The number of fused-ring (bicyclic) bond motifs is 1. The van der Waals surface area contributed by atoms with Gasteiger partial charge in [0.1, 0.15) is 10.3 Å². The number of hydrogen-bond donors (Lipinski definition) is 3. The zero-order valence-electron chi connectivity index (χ0n) is 21.2. The molecular formula is C27H35N5O3S2. The third kappa shape index (κ3) is 6.31. The molecule has 1 saturated heterocycles. The summed E-state index contributed by atoms with van der Waals surface area (Å²) < 4.78 is 34.0. The number of anilines is 1. The Hall–Kier alpha value is -2.53. The van der Waals surface area contributed by atoms with Crippen molar-refractivity contribution in [2.24, 2.45) is 5.92 Å². The first kappa shape index (κ1) is 26.1. The van der Waals surface area contributed by atoms with Crippen molar-refractivity contribution in [3.05, 3.63) is 54.2 Å². The smallest absolute Gasteiger partial charge is 0.240 e. The topological polar surface area (TPSA) is 105 Å². The maximum Gasteiger partial charge on any atom is 0.240 e. The van der Waals surface area contributed by atoms with Crippen LogP contribution in [0.15, 0.2) is 53.6 Å². The van der Waals surface area contributed by atoms with Crippen molar-refractivity contribution >= 4 is 36.8 Å². The molecule has 198 valence electrons. The van der Waals surface area contributed by atoms with Crippen LogP contribution in [-0.2, 0) is 10.0 Å². The molecule has 5 rings (SSSR count). The molecule has 1 aliphatic carbocycles. The molecule has 0 bridgehead atoms. The Labute approximate surface area is 223 Å². The zero-order chi connectivity index (χ0) is 25.8. The lowest BCUT2D eigenvalue weighted by Crippen LogP contribution is -2.45. The molecule has 3 heterocycles. The second kappa shape index (κ2) is 11.5. The van der Waals surface area contributed by atoms with E-state index < -0.39 is 10.0 Å². The lowest BCUT2D eigenvalue weighted by molar-refractivity contribution is 0.400. The third-order valence-corrected chi connectivity index (χ3v) is 9.80. The van der Waals surface area contributed by atoms with E-state index in [0.717, 1.165) is 52.5 Å². The molecule has 2 aromatic heterocycles. The van der Waals surface area contributed by atoms with E-state index in [9.17, 15) is 8.42 Å². The molecule has 0 amide bonds. The number of pyridine rings is 1. The number of sulfonamides is 1. The highest BCUT2D eigenvalue weighted by Crippen LogP contribution is 2.38. The van der Waals surface area contributed by atoms with Crippen molar-refractivity contribution in [2.75, 3.05) is 25.5 Å². The first-order chi connectivity index (χ1) is 17.9. The van der Waals surface area contributed by atoms with E-state index in [-0.39, 0.29) is 12.0 Å². The van der Waals surface area contributed by atoms with Crippen molar-refractivity contribution in [1.29, 1.82) is 0 Å². The molecule has 37 heavy (non-hydrogen) atoms. The van der Waals surface area contributed by atoms with Gasteiger partial charge in [-0.1, -0.05) is 55.7 Å². The molecule has 8 nitrogen and oxygen atoms in total. The number of piperidine rings is 1. The summed E-state index contributed by atoms with van der Waals surface area (Å²) in [4.78, 5) is 10.3. The number of hydrogen-bond acceptors (Lipinski definition) is 8. The summed E-state index contributed by atoms with van der Waals surface area (Å²) in [6, 6.07) is 10.9. The number of nitrogens with zero attached hydrogens (tertiary/aromatic N) is 2. The van der Waals surface area contributed by atoms with E-state index in [1.54, 1.807) is 25.3 Å². The number of nitrogens with one attached hydrogen (secondary N) is 3. The molecule has 0 radical (unpaired) electrons. The van der Waals surface area contributed by atoms with Gasteiger partial charge in [0.05, 0.1) is 12.0 Å². The van der Waals surface area contributed by atoms with Crippen molar-refractivity contribution in [3.63, 3.8) is 0 Å². The van der Waals surface area contributed by atoms with Gasteiger partial charge >= 0.3 is 0 Å². The first-order valence-electron chi connectivity index (χ1n) is 13.0. The summed E-state index contributed by atoms with van der Waals surface area (Å²) in [7, 11) is -1.97. The van der Waals surface area contributed by atoms with Gasteiger partial charge in [0, 0.05) is 30.3 Å². The standard InChI is InChI=1S/C27H35N5O3S2/c1-18(29-27-30-24-13-14-25(35-2)31-26(24)36-27)23(16-19-6-3-4-7-19)20-9-11-22(12-10-20)37(33,34)32-21-8-5-15-28-17-21/h9-14,19,21,23,28,32H,1,3-8,15-17H2,2H3,(H,29,30)/t21-,23?/m1/s1. The largest absolute Gasteiger partial charge is 0.481 e. The van der Waals surface area contributed by atoms with Crippen LogP contribution < -0.4 is 20.1 Å². The number of thiazole rings is 1. The molecule has 1 saturated carbocycles. The lowest BCUT2D eigenvalue weighted by atomic mass is 9.86. The van der Waals surface area contributed by atoms with Gasteiger partial charge in [0.25, 0.3) is 0 Å². The maximum absolute atomic E-state index is 13.0. The summed E-state index contributed by atoms with van der Waals surface area (Å²) in [6.45, 7) is 6.00. The Bertz CT molecular complexity index is 1330. The predicted octanol–water partition coefficient (Wildman–Crippen LogP) is 5.02. The third-order valence-electron chi connectivity index (χ3n) is 7.38. The zero-order valence-corrected chi connectivity index (χ0v) is 22.8. The molecule has 10 heteroatoms. The van der Waals surface area contributed by atoms with Crippen molar-refractivity contribution < 1.29 is 13.2 Å². The van der Waals surface area contributed by atoms with Gasteiger partial charge in [-0.05, 0) is 55.5 Å². The van der Waals surface area contributed by atoms with Crippen LogP contribution in [0.2, 0.25) is 0 Å². The fourth-order valence-electron chi connectivity index (χ4n) is 5.37. The normalized spacial score (nSPS) is 19.6. The molecular weight excluding hydrogens is 506 g/mol. The number of methoxy groups -OCH3 is 1. The minimum absolute atomic E-state index is 0.0462. The molecule has 0 spiro atoms. The van der Waals surface area contributed by atoms with Gasteiger partial charge in [-0.25, -0.2) is 23.1 Å². The molecule has 1 aliphatic heterocycles. The van der Waals surface area contributed by atoms with Crippen LogP contribution >= 0.6 is 11.3 Å². The van der Waals surface area contributed by atoms with E-state index in [1.807, 2.05) is 18.2 Å². The summed E-state index contributed by atoms with van der Waals surface area (Å²) in [6.07, 6.45) is 7.78. The summed E-state index contributed by atoms with van der Waals surface area (Å²) in [5.74, 6) is 1.24. The average molecular weight is 542 g/mol. The van der Waals surface area contributed by atoms with Crippen LogP contribution in [0.5, 0.6) is 5.88 Å². The summed E-state index contributed by atoms with van der Waals surface area (Å²) >= 11 is 1.47. The minimum atomic E-state index is -3.57. The van der Waals surface area contributed by atoms with E-state index in [0.29, 0.717) is 23.2 Å². The Morgan fingerprint density at radius 3 is 2.62 bits per heavy atom. The SMILES string of the molecule is C=C(Nc1nc2ccc(OC)nc2s1)C(CC1CCCC1)c1ccc(S(=O)(=O)N[C@@H]2CCCNC2)cc1. The van der Waals surface area contributed by atoms with Gasteiger partial charge in [-0.3, -0.25) is 0 Å².